The van der Waals surface area contributed by atoms with Crippen LogP contribution in [0, 0.1) is 24.0 Å². The van der Waals surface area contributed by atoms with Crippen molar-refractivity contribution in [2.75, 3.05) is 11.9 Å². The number of pyridine rings is 1. The van der Waals surface area contributed by atoms with Crippen molar-refractivity contribution in [2.45, 2.75) is 27.2 Å². The normalized spacial score (nSPS) is 10.6. The summed E-state index contributed by atoms with van der Waals surface area (Å²) in [4.78, 5) is 40.2. The van der Waals surface area contributed by atoms with E-state index in [2.05, 4.69) is 10.3 Å². The number of nitrogens with one attached hydrogen (secondary N) is 1. The van der Waals surface area contributed by atoms with Gasteiger partial charge in [-0.2, -0.15) is 0 Å². The smallest absolute Gasteiger partial charge is 0.340 e. The zero-order valence-electron chi connectivity index (χ0n) is 16.9. The Labute approximate surface area is 173 Å². The second-order valence-corrected chi connectivity index (χ2v) is 6.78. The molecule has 8 nitrogen and oxygen atoms in total. The number of nitrogens with zero attached hydrogens (tertiary/aromatic N) is 2. The second-order valence-electron chi connectivity index (χ2n) is 6.78. The average Bonchev–Trinajstić information content (AvgIpc) is 2.73. The SMILES string of the molecule is CCc1nc2ccccc2c(C)c1C(=O)OCC(=O)Nc1c(C)cccc1[N+](=O)[O-]. The van der Waals surface area contributed by atoms with E-state index >= 15 is 0 Å². The van der Waals surface area contributed by atoms with Crippen molar-refractivity contribution in [3.8, 4) is 0 Å². The van der Waals surface area contributed by atoms with E-state index in [1.165, 1.54) is 12.1 Å². The highest BCUT2D eigenvalue weighted by molar-refractivity contribution is 6.00. The van der Waals surface area contributed by atoms with Crippen molar-refractivity contribution < 1.29 is 19.2 Å². The Bertz CT molecular complexity index is 1160. The zero-order chi connectivity index (χ0) is 21.8. The number of rotatable bonds is 6. The molecule has 3 aromatic rings. The highest BCUT2D eigenvalue weighted by atomic mass is 16.6. The first-order valence-corrected chi connectivity index (χ1v) is 9.42. The van der Waals surface area contributed by atoms with Crippen molar-refractivity contribution in [3.05, 3.63) is 75.0 Å². The van der Waals surface area contributed by atoms with E-state index in [0.717, 1.165) is 16.5 Å². The lowest BCUT2D eigenvalue weighted by molar-refractivity contribution is -0.384. The molecule has 0 saturated carbocycles. The molecule has 0 fully saturated rings. The molecule has 0 spiro atoms. The molecule has 0 aliphatic heterocycles. The van der Waals surface area contributed by atoms with Gasteiger partial charge in [-0.25, -0.2) is 4.79 Å². The Hall–Kier alpha value is -3.81. The number of aromatic nitrogens is 1. The molecule has 0 saturated heterocycles. The fraction of sp³-hybridized carbons (Fsp3) is 0.227. The van der Waals surface area contributed by atoms with E-state index in [1.54, 1.807) is 13.0 Å². The Morgan fingerprint density at radius 2 is 1.87 bits per heavy atom. The van der Waals surface area contributed by atoms with Gasteiger partial charge in [0, 0.05) is 11.5 Å². The minimum atomic E-state index is -0.662. The van der Waals surface area contributed by atoms with E-state index in [0.29, 0.717) is 23.2 Å². The highest BCUT2D eigenvalue weighted by Gasteiger charge is 2.22. The maximum absolute atomic E-state index is 12.7. The van der Waals surface area contributed by atoms with Gasteiger partial charge in [0.2, 0.25) is 0 Å². The van der Waals surface area contributed by atoms with Crippen LogP contribution < -0.4 is 5.32 Å². The quantitative estimate of drug-likeness (QED) is 0.374. The van der Waals surface area contributed by atoms with E-state index in [9.17, 15) is 19.7 Å². The minimum absolute atomic E-state index is 0.0846. The third-order valence-electron chi connectivity index (χ3n) is 4.81. The van der Waals surface area contributed by atoms with Gasteiger partial charge < -0.3 is 10.1 Å². The first kappa shape index (κ1) is 20.9. The van der Waals surface area contributed by atoms with Gasteiger partial charge in [0.25, 0.3) is 11.6 Å². The standard InChI is InChI=1S/C22H21N3O5/c1-4-16-20(14(3)15-9-5-6-10-17(15)23-16)22(27)30-12-19(26)24-21-13(2)8-7-11-18(21)25(28)29/h5-11H,4,12H2,1-3H3,(H,24,26). The van der Waals surface area contributed by atoms with Crippen molar-refractivity contribution in [2.24, 2.45) is 0 Å². The summed E-state index contributed by atoms with van der Waals surface area (Å²) in [5.41, 5.74) is 2.84. The number of anilines is 1. The summed E-state index contributed by atoms with van der Waals surface area (Å²) in [6, 6.07) is 12.0. The van der Waals surface area contributed by atoms with Crippen molar-refractivity contribution >= 4 is 34.2 Å². The molecular weight excluding hydrogens is 386 g/mol. The number of ether oxygens (including phenoxy) is 1. The molecule has 8 heteroatoms. The van der Waals surface area contributed by atoms with E-state index < -0.39 is 23.4 Å². The lowest BCUT2D eigenvalue weighted by Gasteiger charge is -2.14. The largest absolute Gasteiger partial charge is 0.452 e. The van der Waals surface area contributed by atoms with E-state index in [4.69, 9.17) is 4.74 Å². The molecule has 3 rings (SSSR count). The van der Waals surface area contributed by atoms with Crippen LogP contribution in [0.15, 0.2) is 42.5 Å². The molecule has 0 aliphatic carbocycles. The maximum Gasteiger partial charge on any atom is 0.340 e. The van der Waals surface area contributed by atoms with Gasteiger partial charge in [-0.15, -0.1) is 0 Å². The summed E-state index contributed by atoms with van der Waals surface area (Å²) >= 11 is 0. The molecule has 1 amide bonds. The number of fused-ring (bicyclic) bond motifs is 1. The van der Waals surface area contributed by atoms with Gasteiger partial charge in [0.15, 0.2) is 6.61 Å². The third kappa shape index (κ3) is 4.12. The minimum Gasteiger partial charge on any atom is -0.452 e. The summed E-state index contributed by atoms with van der Waals surface area (Å²) in [5.74, 6) is -1.32. The van der Waals surface area contributed by atoms with Crippen molar-refractivity contribution in [1.29, 1.82) is 0 Å². The number of hydrogen-bond acceptors (Lipinski definition) is 6. The first-order valence-electron chi connectivity index (χ1n) is 9.42. The summed E-state index contributed by atoms with van der Waals surface area (Å²) in [5, 5.41) is 14.5. The van der Waals surface area contributed by atoms with E-state index in [1.807, 2.05) is 38.1 Å². The summed E-state index contributed by atoms with van der Waals surface area (Å²) in [7, 11) is 0. The van der Waals surface area contributed by atoms with Gasteiger partial charge in [0.1, 0.15) is 5.69 Å². The fourth-order valence-electron chi connectivity index (χ4n) is 3.31. The Morgan fingerprint density at radius 1 is 1.13 bits per heavy atom. The molecule has 1 N–H and O–H groups in total. The van der Waals surface area contributed by atoms with Crippen LogP contribution in [0.3, 0.4) is 0 Å². The molecule has 0 aliphatic rings. The summed E-state index contributed by atoms with van der Waals surface area (Å²) in [6.45, 7) is 4.78. The maximum atomic E-state index is 12.7. The third-order valence-corrected chi connectivity index (χ3v) is 4.81. The average molecular weight is 407 g/mol. The number of carbonyl (C=O) groups is 2. The number of carbonyl (C=O) groups excluding carboxylic acids is 2. The van der Waals surface area contributed by atoms with E-state index in [-0.39, 0.29) is 11.4 Å². The molecule has 30 heavy (non-hydrogen) atoms. The molecule has 1 aromatic heterocycles. The molecular formula is C22H21N3O5. The summed E-state index contributed by atoms with van der Waals surface area (Å²) < 4.78 is 5.21. The topological polar surface area (TPSA) is 111 Å². The highest BCUT2D eigenvalue weighted by Crippen LogP contribution is 2.28. The molecule has 2 aromatic carbocycles. The number of amides is 1. The lowest BCUT2D eigenvalue weighted by Crippen LogP contribution is -2.23. The number of nitro benzene ring substituents is 1. The van der Waals surface area contributed by atoms with Crippen LogP contribution in [0.1, 0.15) is 34.1 Å². The van der Waals surface area contributed by atoms with Crippen LogP contribution >= 0.6 is 0 Å². The molecule has 0 atom stereocenters. The fourth-order valence-corrected chi connectivity index (χ4v) is 3.31. The number of aryl methyl sites for hydroxylation is 3. The van der Waals surface area contributed by atoms with Crippen LogP contribution in [0.25, 0.3) is 10.9 Å². The van der Waals surface area contributed by atoms with Crippen molar-refractivity contribution in [1.82, 2.24) is 4.98 Å². The van der Waals surface area contributed by atoms with Crippen LogP contribution in [0.2, 0.25) is 0 Å². The Kier molecular flexibility index (Phi) is 6.06. The Morgan fingerprint density at radius 3 is 2.57 bits per heavy atom. The molecule has 0 radical (unpaired) electrons. The lowest BCUT2D eigenvalue weighted by atomic mass is 10.0. The molecule has 1 heterocycles. The van der Waals surface area contributed by atoms with Gasteiger partial charge in [0.05, 0.1) is 21.7 Å². The predicted octanol–water partition coefficient (Wildman–Crippen LogP) is 4.12. The Balaban J connectivity index is 1.79. The van der Waals surface area contributed by atoms with Crippen LogP contribution in [0.4, 0.5) is 11.4 Å². The number of esters is 1. The second kappa shape index (κ2) is 8.69. The summed E-state index contributed by atoms with van der Waals surface area (Å²) in [6.07, 6.45) is 0.526. The zero-order valence-corrected chi connectivity index (χ0v) is 16.9. The van der Waals surface area contributed by atoms with Gasteiger partial charge in [-0.05, 0) is 37.5 Å². The van der Waals surface area contributed by atoms with Gasteiger partial charge in [-0.1, -0.05) is 37.3 Å². The van der Waals surface area contributed by atoms with Gasteiger partial charge in [-0.3, -0.25) is 19.9 Å². The van der Waals surface area contributed by atoms with Gasteiger partial charge >= 0.3 is 5.97 Å². The monoisotopic (exact) mass is 407 g/mol. The van der Waals surface area contributed by atoms with Crippen LogP contribution in [0.5, 0.6) is 0 Å². The number of hydrogen-bond donors (Lipinski definition) is 1. The molecule has 0 bridgehead atoms. The molecule has 154 valence electrons. The van der Waals surface area contributed by atoms with Crippen LogP contribution in [-0.2, 0) is 16.0 Å². The van der Waals surface area contributed by atoms with Crippen molar-refractivity contribution in [3.63, 3.8) is 0 Å². The molecule has 0 unspecified atom stereocenters. The first-order chi connectivity index (χ1) is 14.3. The number of nitro groups is 1. The number of benzene rings is 2. The van der Waals surface area contributed by atoms with Crippen LogP contribution in [-0.4, -0.2) is 28.4 Å². The predicted molar refractivity (Wildman–Crippen MR) is 113 cm³/mol. The number of para-hydroxylation sites is 2.